The lowest BCUT2D eigenvalue weighted by molar-refractivity contribution is 0.311. The minimum absolute atomic E-state index is 0.0385. The molecule has 0 saturated heterocycles. The van der Waals surface area contributed by atoms with Crippen molar-refractivity contribution < 1.29 is 4.39 Å². The predicted molar refractivity (Wildman–Crippen MR) is 88.5 cm³/mol. The molecule has 1 atom stereocenters. The molecule has 1 N–H and O–H groups in total. The van der Waals surface area contributed by atoms with Crippen molar-refractivity contribution in [3.05, 3.63) is 56.7 Å². The molecule has 0 fully saturated rings. The second kappa shape index (κ2) is 7.02. The Morgan fingerprint density at radius 1 is 1.36 bits per heavy atom. The number of benzene rings is 1. The summed E-state index contributed by atoms with van der Waals surface area (Å²) in [5.74, 6) is -0.257. The van der Waals surface area contributed by atoms with Crippen LogP contribution in [-0.4, -0.2) is 35.3 Å². The zero-order valence-corrected chi connectivity index (χ0v) is 14.3. The zero-order valence-electron chi connectivity index (χ0n) is 12.7. The molecule has 0 amide bonds. The predicted octanol–water partition coefficient (Wildman–Crippen LogP) is 2.40. The molecule has 1 unspecified atom stereocenters. The average Bonchev–Trinajstić information content (AvgIpc) is 2.48. The highest BCUT2D eigenvalue weighted by atomic mass is 79.9. The number of nitrogens with zero attached hydrogens (tertiary/aromatic N) is 3. The average molecular weight is 369 g/mol. The summed E-state index contributed by atoms with van der Waals surface area (Å²) in [6, 6.07) is 6.46. The normalized spacial score (nSPS) is 12.5. The highest BCUT2D eigenvalue weighted by Gasteiger charge is 2.15. The van der Waals surface area contributed by atoms with Crippen LogP contribution < -0.4 is 10.9 Å². The van der Waals surface area contributed by atoms with Crippen molar-refractivity contribution in [2.75, 3.05) is 26.0 Å². The molecule has 0 saturated carbocycles. The van der Waals surface area contributed by atoms with E-state index in [0.29, 0.717) is 16.7 Å². The third kappa shape index (κ3) is 3.72. The summed E-state index contributed by atoms with van der Waals surface area (Å²) < 4.78 is 14.8. The summed E-state index contributed by atoms with van der Waals surface area (Å²) >= 11 is 3.28. The van der Waals surface area contributed by atoms with Crippen molar-refractivity contribution in [2.45, 2.75) is 6.04 Å². The van der Waals surface area contributed by atoms with Crippen molar-refractivity contribution >= 4 is 21.6 Å². The van der Waals surface area contributed by atoms with Crippen LogP contribution in [0.5, 0.6) is 0 Å². The van der Waals surface area contributed by atoms with Gasteiger partial charge >= 0.3 is 0 Å². The van der Waals surface area contributed by atoms with Gasteiger partial charge in [-0.1, -0.05) is 12.1 Å². The van der Waals surface area contributed by atoms with E-state index in [2.05, 4.69) is 26.3 Å². The maximum atomic E-state index is 13.1. The van der Waals surface area contributed by atoms with Crippen molar-refractivity contribution in [1.29, 1.82) is 0 Å². The van der Waals surface area contributed by atoms with Gasteiger partial charge in [0.25, 0.3) is 5.56 Å². The smallest absolute Gasteiger partial charge is 0.282 e. The Kier molecular flexibility index (Phi) is 5.31. The fourth-order valence-electron chi connectivity index (χ4n) is 2.12. The van der Waals surface area contributed by atoms with Gasteiger partial charge in [0.05, 0.1) is 17.9 Å². The van der Waals surface area contributed by atoms with E-state index in [-0.39, 0.29) is 17.4 Å². The van der Waals surface area contributed by atoms with Gasteiger partial charge in [-0.05, 0) is 47.7 Å². The first kappa shape index (κ1) is 16.6. The van der Waals surface area contributed by atoms with Crippen molar-refractivity contribution in [1.82, 2.24) is 14.7 Å². The van der Waals surface area contributed by atoms with E-state index in [4.69, 9.17) is 0 Å². The molecule has 1 aromatic heterocycles. The minimum atomic E-state index is -0.257. The summed E-state index contributed by atoms with van der Waals surface area (Å²) in [4.78, 5) is 13.9. The van der Waals surface area contributed by atoms with Crippen LogP contribution in [0.15, 0.2) is 39.7 Å². The van der Waals surface area contributed by atoms with Crippen LogP contribution in [0.2, 0.25) is 0 Å². The maximum Gasteiger partial charge on any atom is 0.282 e. The summed E-state index contributed by atoms with van der Waals surface area (Å²) in [5.41, 5.74) is 1.43. The molecular formula is C15H18BrFN4O. The third-order valence-electron chi connectivity index (χ3n) is 3.44. The highest BCUT2D eigenvalue weighted by molar-refractivity contribution is 9.10. The number of hydrogen-bond acceptors (Lipinski definition) is 4. The fraction of sp³-hybridized carbons (Fsp3) is 0.333. The number of hydrogen-bond donors (Lipinski definition) is 1. The third-order valence-corrected chi connectivity index (χ3v) is 4.21. The highest BCUT2D eigenvalue weighted by Crippen LogP contribution is 2.21. The van der Waals surface area contributed by atoms with E-state index in [1.165, 1.54) is 16.8 Å². The van der Waals surface area contributed by atoms with Gasteiger partial charge in [0.15, 0.2) is 0 Å². The van der Waals surface area contributed by atoms with Crippen LogP contribution in [0.4, 0.5) is 10.1 Å². The largest absolute Gasteiger partial charge is 0.381 e. The second-order valence-corrected chi connectivity index (χ2v) is 6.01. The monoisotopic (exact) mass is 368 g/mol. The van der Waals surface area contributed by atoms with Gasteiger partial charge in [-0.15, -0.1) is 0 Å². The Hall–Kier alpha value is -1.73. The molecule has 5 nitrogen and oxygen atoms in total. The Morgan fingerprint density at radius 3 is 2.59 bits per heavy atom. The number of rotatable bonds is 5. The number of aromatic nitrogens is 2. The summed E-state index contributed by atoms with van der Waals surface area (Å²) in [6.07, 6.45) is 1.60. The van der Waals surface area contributed by atoms with Crippen LogP contribution in [0.25, 0.3) is 0 Å². The standard InChI is InChI=1S/C15H18BrFN4O/c1-20(2)13(10-4-6-11(17)7-5-10)9-18-12-8-19-21(3)15(22)14(12)16/h4-8,13,18H,9H2,1-3H3. The maximum absolute atomic E-state index is 13.1. The van der Waals surface area contributed by atoms with Gasteiger partial charge in [0.2, 0.25) is 0 Å². The van der Waals surface area contributed by atoms with E-state index < -0.39 is 0 Å². The molecular weight excluding hydrogens is 351 g/mol. The Labute approximate surface area is 136 Å². The van der Waals surface area contributed by atoms with Gasteiger partial charge in [0, 0.05) is 13.6 Å². The lowest BCUT2D eigenvalue weighted by Crippen LogP contribution is -2.28. The number of halogens is 2. The molecule has 1 heterocycles. The molecule has 7 heteroatoms. The molecule has 118 valence electrons. The minimum Gasteiger partial charge on any atom is -0.381 e. The van der Waals surface area contributed by atoms with E-state index in [9.17, 15) is 9.18 Å². The van der Waals surface area contributed by atoms with Crippen molar-refractivity contribution in [3.8, 4) is 0 Å². The molecule has 22 heavy (non-hydrogen) atoms. The van der Waals surface area contributed by atoms with Crippen molar-refractivity contribution in [3.63, 3.8) is 0 Å². The van der Waals surface area contributed by atoms with Gasteiger partial charge in [-0.3, -0.25) is 4.79 Å². The molecule has 0 aliphatic carbocycles. The topological polar surface area (TPSA) is 50.2 Å². The van der Waals surface area contributed by atoms with E-state index >= 15 is 0 Å². The Bertz CT molecular complexity index is 700. The molecule has 2 aromatic rings. The summed E-state index contributed by atoms with van der Waals surface area (Å²) in [6.45, 7) is 0.562. The lowest BCUT2D eigenvalue weighted by Gasteiger charge is -2.25. The Morgan fingerprint density at radius 2 is 2.00 bits per heavy atom. The van der Waals surface area contributed by atoms with Crippen molar-refractivity contribution in [2.24, 2.45) is 7.05 Å². The fourth-order valence-corrected chi connectivity index (χ4v) is 2.62. The molecule has 0 radical (unpaired) electrons. The van der Waals surface area contributed by atoms with Crippen LogP contribution >= 0.6 is 15.9 Å². The van der Waals surface area contributed by atoms with Crippen LogP contribution in [0, 0.1) is 5.82 Å². The molecule has 0 bridgehead atoms. The number of nitrogens with one attached hydrogen (secondary N) is 1. The summed E-state index contributed by atoms with van der Waals surface area (Å²) in [7, 11) is 5.50. The van der Waals surface area contributed by atoms with Gasteiger partial charge in [-0.2, -0.15) is 5.10 Å². The number of anilines is 1. The zero-order chi connectivity index (χ0) is 16.3. The number of aryl methyl sites for hydroxylation is 1. The molecule has 0 aliphatic heterocycles. The van der Waals surface area contributed by atoms with E-state index in [0.717, 1.165) is 5.56 Å². The van der Waals surface area contributed by atoms with Gasteiger partial charge in [-0.25, -0.2) is 9.07 Å². The SMILES string of the molecule is CN(C)C(CNc1cnn(C)c(=O)c1Br)c1ccc(F)cc1. The van der Waals surface area contributed by atoms with Crippen LogP contribution in [0.1, 0.15) is 11.6 Å². The molecule has 0 spiro atoms. The summed E-state index contributed by atoms with van der Waals surface area (Å²) in [5, 5.41) is 7.21. The second-order valence-electron chi connectivity index (χ2n) is 5.21. The molecule has 1 aromatic carbocycles. The first-order valence-corrected chi connectivity index (χ1v) is 7.57. The van der Waals surface area contributed by atoms with Crippen LogP contribution in [-0.2, 0) is 7.05 Å². The van der Waals surface area contributed by atoms with Gasteiger partial charge in [0.1, 0.15) is 10.3 Å². The lowest BCUT2D eigenvalue weighted by atomic mass is 10.1. The first-order valence-electron chi connectivity index (χ1n) is 6.77. The first-order chi connectivity index (χ1) is 10.4. The molecule has 0 aliphatic rings. The molecule has 2 rings (SSSR count). The Balaban J connectivity index is 2.18. The number of likely N-dealkylation sites (N-methyl/N-ethyl adjacent to an activating group) is 1. The van der Waals surface area contributed by atoms with E-state index in [1.807, 2.05) is 19.0 Å². The quantitative estimate of drug-likeness (QED) is 0.880. The van der Waals surface area contributed by atoms with Crippen LogP contribution in [0.3, 0.4) is 0 Å². The van der Waals surface area contributed by atoms with Gasteiger partial charge < -0.3 is 10.2 Å². The van der Waals surface area contributed by atoms with E-state index in [1.54, 1.807) is 25.4 Å².